The summed E-state index contributed by atoms with van der Waals surface area (Å²) in [6.45, 7) is -0.00878. The van der Waals surface area contributed by atoms with Gasteiger partial charge in [0.15, 0.2) is 0 Å². The molecule has 0 saturated heterocycles. The Morgan fingerprint density at radius 3 is 2.70 bits per heavy atom. The van der Waals surface area contributed by atoms with Crippen molar-refractivity contribution in [2.75, 3.05) is 7.11 Å². The summed E-state index contributed by atoms with van der Waals surface area (Å²) in [7, 11) is 1.33. The van der Waals surface area contributed by atoms with Gasteiger partial charge in [0.25, 0.3) is 0 Å². The summed E-state index contributed by atoms with van der Waals surface area (Å²) in [5, 5.41) is 1.20. The molecule has 174 valence electrons. The van der Waals surface area contributed by atoms with Gasteiger partial charge in [-0.15, -0.1) is 0 Å². The summed E-state index contributed by atoms with van der Waals surface area (Å²) >= 11 is 6.45. The second-order valence-corrected chi connectivity index (χ2v) is 8.37. The standard InChI is InChI=1S/C25H23ClF3NO3/c1-32-23(31)11-10-22-24(26)19-13-17(7-9-21(19)30-22)33-14-15-6-8-18(16-4-2-3-5-16)20(12-15)25(27,28)29/h4,6-9,12-13,30H,2-3,5,10-11,14H2,1H3. The number of aromatic amines is 1. The van der Waals surface area contributed by atoms with Crippen LogP contribution in [0.4, 0.5) is 13.2 Å². The van der Waals surface area contributed by atoms with Gasteiger partial charge in [0, 0.05) is 16.6 Å². The summed E-state index contributed by atoms with van der Waals surface area (Å²) in [6, 6.07) is 9.63. The van der Waals surface area contributed by atoms with E-state index in [-0.39, 0.29) is 24.6 Å². The maximum Gasteiger partial charge on any atom is 0.417 e. The van der Waals surface area contributed by atoms with Gasteiger partial charge in [0.05, 0.1) is 24.1 Å². The van der Waals surface area contributed by atoms with Crippen molar-refractivity contribution in [2.24, 2.45) is 0 Å². The zero-order chi connectivity index (χ0) is 23.6. The van der Waals surface area contributed by atoms with Gasteiger partial charge in [-0.25, -0.2) is 0 Å². The van der Waals surface area contributed by atoms with E-state index in [9.17, 15) is 18.0 Å². The largest absolute Gasteiger partial charge is 0.489 e. The fourth-order valence-corrected chi connectivity index (χ4v) is 4.36. The number of hydrogen-bond donors (Lipinski definition) is 1. The minimum Gasteiger partial charge on any atom is -0.489 e. The lowest BCUT2D eigenvalue weighted by atomic mass is 9.96. The molecule has 0 unspecified atom stereocenters. The second kappa shape index (κ2) is 9.51. The highest BCUT2D eigenvalue weighted by Gasteiger charge is 2.34. The number of fused-ring (bicyclic) bond motifs is 1. The molecule has 1 heterocycles. The minimum absolute atomic E-state index is 0.00878. The molecule has 8 heteroatoms. The Balaban J connectivity index is 1.52. The van der Waals surface area contributed by atoms with Crippen LogP contribution in [0.2, 0.25) is 5.02 Å². The highest BCUT2D eigenvalue weighted by atomic mass is 35.5. The second-order valence-electron chi connectivity index (χ2n) is 7.99. The summed E-state index contributed by atoms with van der Waals surface area (Å²) < 4.78 is 51.5. The smallest absolute Gasteiger partial charge is 0.417 e. The van der Waals surface area contributed by atoms with Crippen LogP contribution >= 0.6 is 11.6 Å². The molecule has 3 aromatic rings. The fourth-order valence-electron chi connectivity index (χ4n) is 4.06. The van der Waals surface area contributed by atoms with Gasteiger partial charge in [-0.3, -0.25) is 4.79 Å². The first-order valence-corrected chi connectivity index (χ1v) is 11.0. The molecule has 0 bridgehead atoms. The van der Waals surface area contributed by atoms with Crippen molar-refractivity contribution in [3.05, 3.63) is 69.9 Å². The van der Waals surface area contributed by atoms with Crippen LogP contribution in [-0.4, -0.2) is 18.1 Å². The number of methoxy groups -OCH3 is 1. The number of benzene rings is 2. The third-order valence-corrected chi connectivity index (χ3v) is 6.20. The van der Waals surface area contributed by atoms with E-state index < -0.39 is 11.7 Å². The summed E-state index contributed by atoms with van der Waals surface area (Å²) in [5.74, 6) is 0.154. The quantitative estimate of drug-likeness (QED) is 0.369. The van der Waals surface area contributed by atoms with Crippen molar-refractivity contribution in [2.45, 2.75) is 44.9 Å². The number of H-pyrrole nitrogens is 1. The van der Waals surface area contributed by atoms with Crippen LogP contribution in [0.5, 0.6) is 5.75 Å². The average molecular weight is 478 g/mol. The number of hydrogen-bond acceptors (Lipinski definition) is 3. The van der Waals surface area contributed by atoms with Crippen LogP contribution < -0.4 is 4.74 Å². The SMILES string of the molecule is COC(=O)CCc1[nH]c2ccc(OCc3ccc(C4=CCCC4)c(C(F)(F)F)c3)cc2c1Cl. The summed E-state index contributed by atoms with van der Waals surface area (Å²) in [4.78, 5) is 14.6. The van der Waals surface area contributed by atoms with E-state index >= 15 is 0 Å². The maximum absolute atomic E-state index is 13.7. The molecule has 1 aliphatic carbocycles. The molecule has 0 spiro atoms. The molecule has 0 radical (unpaired) electrons. The van der Waals surface area contributed by atoms with Crippen molar-refractivity contribution in [3.8, 4) is 5.75 Å². The lowest BCUT2D eigenvalue weighted by molar-refractivity contribution is -0.140. The van der Waals surface area contributed by atoms with Crippen molar-refractivity contribution in [1.82, 2.24) is 4.98 Å². The zero-order valence-corrected chi connectivity index (χ0v) is 18.8. The molecule has 4 rings (SSSR count). The summed E-state index contributed by atoms with van der Waals surface area (Å²) in [5.41, 5.74) is 2.30. The van der Waals surface area contributed by atoms with E-state index in [2.05, 4.69) is 9.72 Å². The Labute approximate surface area is 194 Å². The van der Waals surface area contributed by atoms with Crippen molar-refractivity contribution >= 4 is 34.0 Å². The molecule has 33 heavy (non-hydrogen) atoms. The molecule has 1 aliphatic rings. The zero-order valence-electron chi connectivity index (χ0n) is 18.0. The van der Waals surface area contributed by atoms with E-state index in [4.69, 9.17) is 16.3 Å². The van der Waals surface area contributed by atoms with E-state index in [0.29, 0.717) is 40.3 Å². The highest BCUT2D eigenvalue weighted by Crippen LogP contribution is 2.39. The Hall–Kier alpha value is -2.93. The molecule has 1 aromatic heterocycles. The number of aryl methyl sites for hydroxylation is 1. The average Bonchev–Trinajstić information content (AvgIpc) is 3.44. The van der Waals surface area contributed by atoms with E-state index in [0.717, 1.165) is 23.9 Å². The Bertz CT molecular complexity index is 1210. The normalized spacial score (nSPS) is 13.9. The predicted molar refractivity (Wildman–Crippen MR) is 121 cm³/mol. The monoisotopic (exact) mass is 477 g/mol. The number of rotatable bonds is 7. The van der Waals surface area contributed by atoms with Gasteiger partial charge >= 0.3 is 12.1 Å². The lowest BCUT2D eigenvalue weighted by Crippen LogP contribution is -2.10. The first-order chi connectivity index (χ1) is 15.8. The molecule has 0 saturated carbocycles. The van der Waals surface area contributed by atoms with Gasteiger partial charge in [0.1, 0.15) is 12.4 Å². The predicted octanol–water partition coefficient (Wildman–Crippen LogP) is 7.09. The minimum atomic E-state index is -4.44. The number of ether oxygens (including phenoxy) is 2. The summed E-state index contributed by atoms with van der Waals surface area (Å²) in [6.07, 6.45) is 0.402. The maximum atomic E-state index is 13.7. The van der Waals surface area contributed by atoms with Crippen LogP contribution in [0.15, 0.2) is 42.5 Å². The fraction of sp³-hybridized carbons (Fsp3) is 0.320. The third kappa shape index (κ3) is 5.19. The number of carbonyl (C=O) groups excluding carboxylic acids is 1. The van der Waals surface area contributed by atoms with Gasteiger partial charge in [-0.1, -0.05) is 29.8 Å². The number of allylic oxidation sites excluding steroid dienone is 2. The lowest BCUT2D eigenvalue weighted by Gasteiger charge is -2.16. The Kier molecular flexibility index (Phi) is 6.70. The van der Waals surface area contributed by atoms with Gasteiger partial charge in [-0.05, 0) is 66.6 Å². The Morgan fingerprint density at radius 1 is 1.18 bits per heavy atom. The van der Waals surface area contributed by atoms with Crippen LogP contribution in [0.1, 0.15) is 48.1 Å². The van der Waals surface area contributed by atoms with Crippen molar-refractivity contribution in [1.29, 1.82) is 0 Å². The molecule has 2 aromatic carbocycles. The Morgan fingerprint density at radius 2 is 2.00 bits per heavy atom. The van der Waals surface area contributed by atoms with E-state index in [1.54, 1.807) is 30.3 Å². The molecule has 1 N–H and O–H groups in total. The molecule has 0 aliphatic heterocycles. The van der Waals surface area contributed by atoms with E-state index in [1.807, 2.05) is 6.08 Å². The van der Waals surface area contributed by atoms with Crippen molar-refractivity contribution < 1.29 is 27.4 Å². The van der Waals surface area contributed by atoms with Crippen LogP contribution in [0, 0.1) is 0 Å². The molecule has 0 atom stereocenters. The number of esters is 1. The number of carbonyl (C=O) groups is 1. The van der Waals surface area contributed by atoms with Crippen molar-refractivity contribution in [3.63, 3.8) is 0 Å². The molecule has 0 amide bonds. The topological polar surface area (TPSA) is 51.3 Å². The first-order valence-electron chi connectivity index (χ1n) is 10.7. The highest BCUT2D eigenvalue weighted by molar-refractivity contribution is 6.36. The number of nitrogens with one attached hydrogen (secondary N) is 1. The van der Waals surface area contributed by atoms with Crippen LogP contribution in [0.3, 0.4) is 0 Å². The first kappa shape index (κ1) is 23.2. The molecular formula is C25H23ClF3NO3. The molecule has 4 nitrogen and oxygen atoms in total. The molecular weight excluding hydrogens is 455 g/mol. The number of alkyl halides is 3. The van der Waals surface area contributed by atoms with Gasteiger partial charge in [-0.2, -0.15) is 13.2 Å². The number of halogens is 4. The third-order valence-electron chi connectivity index (χ3n) is 5.77. The van der Waals surface area contributed by atoms with Gasteiger partial charge in [0.2, 0.25) is 0 Å². The number of aromatic nitrogens is 1. The van der Waals surface area contributed by atoms with Gasteiger partial charge < -0.3 is 14.5 Å². The van der Waals surface area contributed by atoms with E-state index in [1.165, 1.54) is 13.2 Å². The van der Waals surface area contributed by atoms with Crippen LogP contribution in [0.25, 0.3) is 16.5 Å². The van der Waals surface area contributed by atoms with Crippen LogP contribution in [-0.2, 0) is 28.7 Å². The molecule has 0 fully saturated rings.